The third kappa shape index (κ3) is 5.02. The van der Waals surface area contributed by atoms with Gasteiger partial charge in [0.05, 0.1) is 30.2 Å². The molecule has 13 heteroatoms. The van der Waals surface area contributed by atoms with Gasteiger partial charge in [-0.15, -0.1) is 0 Å². The van der Waals surface area contributed by atoms with Gasteiger partial charge in [0.1, 0.15) is 11.4 Å². The first-order chi connectivity index (χ1) is 20.0. The number of aromatic nitrogens is 5. The molecular formula is C29H27F3N8O2. The molecule has 1 aliphatic rings. The second-order valence-corrected chi connectivity index (χ2v) is 10.5. The molecule has 0 unspecified atom stereocenters. The van der Waals surface area contributed by atoms with Crippen molar-refractivity contribution in [2.24, 2.45) is 14.1 Å². The zero-order valence-electron chi connectivity index (χ0n) is 23.0. The summed E-state index contributed by atoms with van der Waals surface area (Å²) in [6.45, 7) is 1.32. The Labute approximate surface area is 237 Å². The summed E-state index contributed by atoms with van der Waals surface area (Å²) in [4.78, 5) is 27.3. The predicted molar refractivity (Wildman–Crippen MR) is 153 cm³/mol. The molecule has 2 aromatic carbocycles. The van der Waals surface area contributed by atoms with Crippen LogP contribution in [0, 0.1) is 12.7 Å². The predicted octanol–water partition coefficient (Wildman–Crippen LogP) is 4.56. The van der Waals surface area contributed by atoms with Crippen LogP contribution in [0.5, 0.6) is 0 Å². The highest BCUT2D eigenvalue weighted by atomic mass is 19.3. The molecule has 0 bridgehead atoms. The Morgan fingerprint density at radius 1 is 1.10 bits per heavy atom. The van der Waals surface area contributed by atoms with Crippen LogP contribution in [0.1, 0.15) is 21.7 Å². The van der Waals surface area contributed by atoms with Crippen molar-refractivity contribution in [1.29, 1.82) is 0 Å². The maximum atomic E-state index is 15.9. The maximum Gasteiger partial charge on any atom is 0.287 e. The number of rotatable bonds is 7. The molecule has 0 spiro atoms. The van der Waals surface area contributed by atoms with Crippen molar-refractivity contribution < 1.29 is 18.0 Å². The Kier molecular flexibility index (Phi) is 6.61. The summed E-state index contributed by atoms with van der Waals surface area (Å²) in [6, 6.07) is 15.5. The van der Waals surface area contributed by atoms with Crippen molar-refractivity contribution in [1.82, 2.24) is 29.4 Å². The molecule has 6 rings (SSSR count). The molecule has 216 valence electrons. The van der Waals surface area contributed by atoms with Crippen LogP contribution in [0.25, 0.3) is 22.2 Å². The van der Waals surface area contributed by atoms with Gasteiger partial charge in [-0.25, -0.2) is 18.3 Å². The van der Waals surface area contributed by atoms with Crippen LogP contribution < -0.4 is 16.2 Å². The molecule has 1 amide bonds. The van der Waals surface area contributed by atoms with E-state index in [0.717, 1.165) is 10.9 Å². The van der Waals surface area contributed by atoms with Crippen LogP contribution in [-0.4, -0.2) is 54.4 Å². The van der Waals surface area contributed by atoms with Gasteiger partial charge in [0.15, 0.2) is 11.6 Å². The molecule has 0 radical (unpaired) electrons. The molecule has 4 heterocycles. The lowest BCUT2D eigenvalue weighted by atomic mass is 10.1. The molecule has 42 heavy (non-hydrogen) atoms. The summed E-state index contributed by atoms with van der Waals surface area (Å²) in [6.07, 6.45) is 0. The number of hydrogen-bond donors (Lipinski definition) is 3. The van der Waals surface area contributed by atoms with Crippen LogP contribution in [-0.2, 0) is 20.6 Å². The van der Waals surface area contributed by atoms with Gasteiger partial charge in [-0.3, -0.25) is 19.2 Å². The van der Waals surface area contributed by atoms with E-state index in [9.17, 15) is 18.4 Å². The summed E-state index contributed by atoms with van der Waals surface area (Å²) < 4.78 is 45.6. The molecule has 1 aliphatic heterocycles. The monoisotopic (exact) mass is 576 g/mol. The fourth-order valence-electron chi connectivity index (χ4n) is 5.15. The van der Waals surface area contributed by atoms with Crippen molar-refractivity contribution in [3.63, 3.8) is 0 Å². The first kappa shape index (κ1) is 27.3. The third-order valence-corrected chi connectivity index (χ3v) is 7.39. The summed E-state index contributed by atoms with van der Waals surface area (Å²) in [7, 11) is 3.44. The van der Waals surface area contributed by atoms with Gasteiger partial charge in [-0.2, -0.15) is 10.2 Å². The Morgan fingerprint density at radius 2 is 1.86 bits per heavy atom. The molecular weight excluding hydrogens is 549 g/mol. The number of anilines is 3. The van der Waals surface area contributed by atoms with Gasteiger partial charge in [0.25, 0.3) is 17.4 Å². The summed E-state index contributed by atoms with van der Waals surface area (Å²) in [5, 5.41) is 17.2. The van der Waals surface area contributed by atoms with Crippen LogP contribution >= 0.6 is 0 Å². The highest BCUT2D eigenvalue weighted by molar-refractivity contribution is 6.07. The second-order valence-electron chi connectivity index (χ2n) is 10.5. The number of nitrogens with zero attached hydrogens (tertiary/aromatic N) is 5. The van der Waals surface area contributed by atoms with Gasteiger partial charge < -0.3 is 15.2 Å². The van der Waals surface area contributed by atoms with E-state index < -0.39 is 23.2 Å². The van der Waals surface area contributed by atoms with E-state index in [4.69, 9.17) is 0 Å². The number of carbonyl (C=O) groups is 1. The Balaban J connectivity index is 1.25. The molecule has 1 saturated heterocycles. The van der Waals surface area contributed by atoms with E-state index in [2.05, 4.69) is 25.9 Å². The van der Waals surface area contributed by atoms with Gasteiger partial charge in [0, 0.05) is 43.2 Å². The van der Waals surface area contributed by atoms with Crippen molar-refractivity contribution in [2.75, 3.05) is 23.7 Å². The number of nitrogens with one attached hydrogen (secondary N) is 3. The summed E-state index contributed by atoms with van der Waals surface area (Å²) in [5.41, 5.74) is 2.09. The number of benzene rings is 2. The third-order valence-electron chi connectivity index (χ3n) is 7.39. The average molecular weight is 577 g/mol. The molecule has 1 fully saturated rings. The molecule has 3 aromatic heterocycles. The number of amides is 1. The van der Waals surface area contributed by atoms with Crippen LogP contribution in [0.15, 0.2) is 59.4 Å². The zero-order valence-corrected chi connectivity index (χ0v) is 23.0. The number of para-hydroxylation sites is 1. The number of halogens is 3. The number of aryl methyl sites for hydroxylation is 3. The topological polar surface area (TPSA) is 113 Å². The number of carbonyl (C=O) groups excluding carboxylic acids is 1. The zero-order chi connectivity index (χ0) is 29.8. The molecule has 0 aliphatic carbocycles. The number of fused-ring (bicyclic) bond motifs is 1. The van der Waals surface area contributed by atoms with Crippen LogP contribution in [0.4, 0.5) is 30.4 Å². The van der Waals surface area contributed by atoms with Crippen molar-refractivity contribution in [3.8, 4) is 11.3 Å². The van der Waals surface area contributed by atoms with Crippen LogP contribution in [0.2, 0.25) is 0 Å². The maximum absolute atomic E-state index is 15.9. The quantitative estimate of drug-likeness (QED) is 0.262. The molecule has 5 aromatic rings. The van der Waals surface area contributed by atoms with Gasteiger partial charge in [-0.1, -0.05) is 24.3 Å². The standard InChI is InChI=1S/C29H27F3N8O2/c1-16-8-9-19(25(30)26(16)34-28(42)23-10-17-6-4-5-7-22(17)38(23)2)20-12-21(27(41)36-35-20)33-24-11-18(39(3)37-24)13-40-14-29(31,32)15-40/h4-12H,13-15H2,1-3H3,(H,34,42)(H,36,41)(H,33,35,37). The minimum Gasteiger partial charge on any atom is -0.340 e. The first-order valence-electron chi connectivity index (χ1n) is 13.1. The van der Waals surface area contributed by atoms with Crippen molar-refractivity contribution in [3.05, 3.63) is 87.7 Å². The average Bonchev–Trinajstić information content (AvgIpc) is 3.45. The number of aromatic amines is 1. The lowest BCUT2D eigenvalue weighted by Crippen LogP contribution is -2.55. The van der Waals surface area contributed by atoms with Gasteiger partial charge in [0.2, 0.25) is 0 Å². The van der Waals surface area contributed by atoms with E-state index in [0.29, 0.717) is 22.8 Å². The Bertz CT molecular complexity index is 1900. The fourth-order valence-corrected chi connectivity index (χ4v) is 5.15. The summed E-state index contributed by atoms with van der Waals surface area (Å²) >= 11 is 0. The Morgan fingerprint density at radius 3 is 2.60 bits per heavy atom. The first-order valence-corrected chi connectivity index (χ1v) is 13.1. The minimum atomic E-state index is -2.68. The normalized spacial score (nSPS) is 14.6. The molecule has 3 N–H and O–H groups in total. The number of hydrogen-bond acceptors (Lipinski definition) is 6. The minimum absolute atomic E-state index is 0.00351. The van der Waals surface area contributed by atoms with E-state index >= 15 is 4.39 Å². The van der Waals surface area contributed by atoms with Gasteiger partial charge in [-0.05, 0) is 36.8 Å². The van der Waals surface area contributed by atoms with E-state index in [1.54, 1.807) is 53.4 Å². The highest BCUT2D eigenvalue weighted by Gasteiger charge is 2.43. The van der Waals surface area contributed by atoms with Crippen molar-refractivity contribution in [2.45, 2.75) is 19.4 Å². The lowest BCUT2D eigenvalue weighted by molar-refractivity contribution is -0.134. The van der Waals surface area contributed by atoms with Gasteiger partial charge >= 0.3 is 0 Å². The van der Waals surface area contributed by atoms with Crippen molar-refractivity contribution >= 4 is 34.0 Å². The lowest BCUT2D eigenvalue weighted by Gasteiger charge is -2.38. The fraction of sp³-hybridized carbons (Fsp3) is 0.241. The second kappa shape index (κ2) is 10.2. The highest BCUT2D eigenvalue weighted by Crippen LogP contribution is 2.31. The van der Waals surface area contributed by atoms with E-state index in [1.165, 1.54) is 12.1 Å². The number of alkyl halides is 2. The SMILES string of the molecule is Cc1ccc(-c2cc(Nc3cc(CN4CC(F)(F)C4)n(C)n3)c(=O)[nH]n2)c(F)c1NC(=O)c1cc2ccccc2n1C. The smallest absolute Gasteiger partial charge is 0.287 e. The largest absolute Gasteiger partial charge is 0.340 e. The molecule has 0 atom stereocenters. The number of likely N-dealkylation sites (tertiary alicyclic amines) is 1. The molecule has 0 saturated carbocycles. The molecule has 10 nitrogen and oxygen atoms in total. The number of H-pyrrole nitrogens is 1. The Hall–Kier alpha value is -4.91. The van der Waals surface area contributed by atoms with E-state index in [-0.39, 0.29) is 42.3 Å². The summed E-state index contributed by atoms with van der Waals surface area (Å²) in [5.74, 6) is -3.55. The van der Waals surface area contributed by atoms with E-state index in [1.807, 2.05) is 24.3 Å². The van der Waals surface area contributed by atoms with Crippen LogP contribution in [0.3, 0.4) is 0 Å².